The van der Waals surface area contributed by atoms with Crippen LogP contribution in [0, 0.1) is 0 Å². The first-order valence-corrected chi connectivity index (χ1v) is 10.3. The van der Waals surface area contributed by atoms with E-state index in [9.17, 15) is 13.2 Å². The van der Waals surface area contributed by atoms with Gasteiger partial charge in [-0.3, -0.25) is 4.79 Å². The molecule has 1 aromatic carbocycles. The second-order valence-corrected chi connectivity index (χ2v) is 9.22. The van der Waals surface area contributed by atoms with Gasteiger partial charge in [-0.25, -0.2) is 13.1 Å². The molecule has 1 saturated heterocycles. The van der Waals surface area contributed by atoms with Crippen molar-refractivity contribution in [3.05, 3.63) is 46.7 Å². The molecule has 1 N–H and O–H groups in total. The van der Waals surface area contributed by atoms with Gasteiger partial charge in [0.05, 0.1) is 34.6 Å². The van der Waals surface area contributed by atoms with Crippen LogP contribution in [0.4, 0.5) is 0 Å². The molecule has 25 heavy (non-hydrogen) atoms. The highest BCUT2D eigenvalue weighted by Gasteiger charge is 2.30. The predicted molar refractivity (Wildman–Crippen MR) is 97.2 cm³/mol. The van der Waals surface area contributed by atoms with Crippen molar-refractivity contribution in [2.75, 3.05) is 11.5 Å². The first-order chi connectivity index (χ1) is 11.8. The van der Waals surface area contributed by atoms with E-state index in [1.165, 1.54) is 6.20 Å². The van der Waals surface area contributed by atoms with Gasteiger partial charge in [0.15, 0.2) is 9.84 Å². The average Bonchev–Trinajstić information content (AvgIpc) is 3.11. The monoisotopic (exact) mass is 381 g/mol. The molecule has 0 unspecified atom stereocenters. The maximum absolute atomic E-state index is 12.7. The molecule has 0 bridgehead atoms. The Morgan fingerprint density at radius 3 is 2.56 bits per heavy atom. The minimum Gasteiger partial charge on any atom is -0.348 e. The number of nitrogens with zero attached hydrogens (tertiary/aromatic N) is 2. The third kappa shape index (κ3) is 3.88. The van der Waals surface area contributed by atoms with Gasteiger partial charge in [-0.15, -0.1) is 0 Å². The number of halogens is 1. The van der Waals surface area contributed by atoms with Crippen LogP contribution in [0.15, 0.2) is 30.5 Å². The molecule has 3 rings (SSSR count). The Morgan fingerprint density at radius 1 is 1.32 bits per heavy atom. The molecule has 2 heterocycles. The summed E-state index contributed by atoms with van der Waals surface area (Å²) in [6.07, 6.45) is 1.99. The summed E-state index contributed by atoms with van der Waals surface area (Å²) in [5, 5.41) is 7.81. The minimum absolute atomic E-state index is 0.00106. The Hall–Kier alpha value is -1.86. The van der Waals surface area contributed by atoms with E-state index in [2.05, 4.69) is 10.4 Å². The van der Waals surface area contributed by atoms with Crippen molar-refractivity contribution in [2.24, 2.45) is 0 Å². The minimum atomic E-state index is -3.04. The van der Waals surface area contributed by atoms with Gasteiger partial charge in [0.1, 0.15) is 0 Å². The number of rotatable bonds is 4. The summed E-state index contributed by atoms with van der Waals surface area (Å²) in [6, 6.07) is 6.88. The van der Waals surface area contributed by atoms with Crippen molar-refractivity contribution >= 4 is 27.3 Å². The summed E-state index contributed by atoms with van der Waals surface area (Å²) in [5.41, 5.74) is 2.06. The van der Waals surface area contributed by atoms with E-state index in [-0.39, 0.29) is 29.4 Å². The zero-order valence-corrected chi connectivity index (χ0v) is 15.6. The lowest BCUT2D eigenvalue weighted by atomic mass is 10.0. The number of aromatic nitrogens is 2. The molecular formula is C17H20ClN3O3S. The third-order valence-corrected chi connectivity index (χ3v) is 6.26. The number of hydrogen-bond acceptors (Lipinski definition) is 4. The Kier molecular flexibility index (Phi) is 4.88. The molecule has 0 saturated carbocycles. The van der Waals surface area contributed by atoms with Crippen LogP contribution in [0.5, 0.6) is 0 Å². The van der Waals surface area contributed by atoms with E-state index >= 15 is 0 Å². The van der Waals surface area contributed by atoms with E-state index in [1.807, 2.05) is 26.0 Å². The molecule has 1 aliphatic rings. The maximum atomic E-state index is 12.7. The van der Waals surface area contributed by atoms with Gasteiger partial charge in [0.25, 0.3) is 5.91 Å². The predicted octanol–water partition coefficient (Wildman–Crippen LogP) is 2.57. The summed E-state index contributed by atoms with van der Waals surface area (Å²) in [4.78, 5) is 12.7. The van der Waals surface area contributed by atoms with E-state index in [0.29, 0.717) is 17.0 Å². The third-order valence-electron chi connectivity index (χ3n) is 4.24. The zero-order chi connectivity index (χ0) is 18.2. The van der Waals surface area contributed by atoms with Crippen molar-refractivity contribution in [3.63, 3.8) is 0 Å². The number of carbonyl (C=O) groups excluding carboxylic acids is 1. The van der Waals surface area contributed by atoms with Crippen molar-refractivity contribution in [1.29, 1.82) is 0 Å². The van der Waals surface area contributed by atoms with Gasteiger partial charge >= 0.3 is 0 Å². The lowest BCUT2D eigenvalue weighted by Crippen LogP contribution is -2.36. The topological polar surface area (TPSA) is 81.1 Å². The Labute approximate surface area is 152 Å². The average molecular weight is 382 g/mol. The van der Waals surface area contributed by atoms with Crippen molar-refractivity contribution in [2.45, 2.75) is 32.2 Å². The van der Waals surface area contributed by atoms with Gasteiger partial charge < -0.3 is 5.32 Å². The smallest absolute Gasteiger partial charge is 0.255 e. The Balaban J connectivity index is 1.89. The van der Waals surface area contributed by atoms with Crippen LogP contribution in [-0.4, -0.2) is 41.7 Å². The molecule has 8 heteroatoms. The van der Waals surface area contributed by atoms with E-state index in [0.717, 1.165) is 11.4 Å². The van der Waals surface area contributed by atoms with E-state index in [4.69, 9.17) is 11.6 Å². The van der Waals surface area contributed by atoms with E-state index in [1.54, 1.807) is 16.8 Å². The number of carbonyl (C=O) groups is 1. The highest BCUT2D eigenvalue weighted by Crippen LogP contribution is 2.24. The molecular weight excluding hydrogens is 362 g/mol. The molecule has 134 valence electrons. The number of sulfone groups is 1. The van der Waals surface area contributed by atoms with Crippen molar-refractivity contribution in [3.8, 4) is 5.69 Å². The quantitative estimate of drug-likeness (QED) is 0.882. The molecule has 1 fully saturated rings. The van der Waals surface area contributed by atoms with Crippen LogP contribution in [0.25, 0.3) is 5.69 Å². The highest BCUT2D eigenvalue weighted by atomic mass is 35.5. The molecule has 1 amide bonds. The second-order valence-electron chi connectivity index (χ2n) is 6.56. The van der Waals surface area contributed by atoms with Gasteiger partial charge in [-0.2, -0.15) is 5.10 Å². The zero-order valence-electron chi connectivity index (χ0n) is 14.1. The van der Waals surface area contributed by atoms with Gasteiger partial charge in [0, 0.05) is 11.1 Å². The van der Waals surface area contributed by atoms with Crippen LogP contribution >= 0.6 is 11.6 Å². The summed E-state index contributed by atoms with van der Waals surface area (Å²) in [6.45, 7) is 3.97. The molecule has 6 nitrogen and oxygen atoms in total. The standard InChI is InChI=1S/C17H20ClN3O3S/c1-11(2)16-15(17(22)20-13-7-8-25(23,24)10-13)9-19-21(16)14-5-3-12(18)4-6-14/h3-6,9,11,13H,7-8,10H2,1-2H3,(H,20,22)/t13-/m1/s1. The molecule has 0 aliphatic carbocycles. The molecule has 0 spiro atoms. The maximum Gasteiger partial charge on any atom is 0.255 e. The number of hydrogen-bond donors (Lipinski definition) is 1. The summed E-state index contributed by atoms with van der Waals surface area (Å²) in [7, 11) is -3.04. The molecule has 0 radical (unpaired) electrons. The first kappa shape index (κ1) is 17.9. The number of amides is 1. The fourth-order valence-corrected chi connectivity index (χ4v) is 4.85. The summed E-state index contributed by atoms with van der Waals surface area (Å²) < 4.78 is 24.9. The van der Waals surface area contributed by atoms with Crippen LogP contribution < -0.4 is 5.32 Å². The largest absolute Gasteiger partial charge is 0.348 e. The molecule has 2 aromatic rings. The summed E-state index contributed by atoms with van der Waals surface area (Å²) in [5.74, 6) is -0.0997. The van der Waals surface area contributed by atoms with Crippen LogP contribution in [-0.2, 0) is 9.84 Å². The van der Waals surface area contributed by atoms with Crippen LogP contribution in [0.2, 0.25) is 5.02 Å². The first-order valence-electron chi connectivity index (χ1n) is 8.12. The Bertz CT molecular complexity index is 888. The van der Waals surface area contributed by atoms with Crippen LogP contribution in [0.1, 0.15) is 42.2 Å². The molecule has 1 aromatic heterocycles. The highest BCUT2D eigenvalue weighted by molar-refractivity contribution is 7.91. The van der Waals surface area contributed by atoms with Crippen LogP contribution in [0.3, 0.4) is 0 Å². The normalized spacial score (nSPS) is 19.3. The fourth-order valence-electron chi connectivity index (χ4n) is 3.05. The van der Waals surface area contributed by atoms with Gasteiger partial charge in [-0.1, -0.05) is 25.4 Å². The van der Waals surface area contributed by atoms with Gasteiger partial charge in [0.2, 0.25) is 0 Å². The second kappa shape index (κ2) is 6.80. The van der Waals surface area contributed by atoms with Crippen molar-refractivity contribution in [1.82, 2.24) is 15.1 Å². The number of nitrogens with one attached hydrogen (secondary N) is 1. The fraction of sp³-hybridized carbons (Fsp3) is 0.412. The lowest BCUT2D eigenvalue weighted by molar-refractivity contribution is 0.0939. The Morgan fingerprint density at radius 2 is 2.00 bits per heavy atom. The molecule has 1 aliphatic heterocycles. The molecule has 1 atom stereocenters. The van der Waals surface area contributed by atoms with E-state index < -0.39 is 9.84 Å². The lowest BCUT2D eigenvalue weighted by Gasteiger charge is -2.15. The summed E-state index contributed by atoms with van der Waals surface area (Å²) >= 11 is 5.93. The van der Waals surface area contributed by atoms with Gasteiger partial charge in [-0.05, 0) is 36.6 Å². The van der Waals surface area contributed by atoms with Crippen molar-refractivity contribution < 1.29 is 13.2 Å². The SMILES string of the molecule is CC(C)c1c(C(=O)N[C@@H]2CCS(=O)(=O)C2)cnn1-c1ccc(Cl)cc1. The number of benzene rings is 1.